The van der Waals surface area contributed by atoms with Crippen LogP contribution in [0.3, 0.4) is 0 Å². The molecule has 5 heteroatoms. The van der Waals surface area contributed by atoms with Crippen LogP contribution < -0.4 is 5.32 Å². The maximum absolute atomic E-state index is 12.7. The van der Waals surface area contributed by atoms with Crippen molar-refractivity contribution in [2.24, 2.45) is 0 Å². The van der Waals surface area contributed by atoms with Crippen LogP contribution in [0.1, 0.15) is 0 Å². The molecule has 74 valence electrons. The highest BCUT2D eigenvalue weighted by atomic mass is 79.9. The minimum absolute atomic E-state index is 0.389. The van der Waals surface area contributed by atoms with E-state index in [0.717, 1.165) is 6.08 Å². The van der Waals surface area contributed by atoms with Crippen LogP contribution in [-0.4, -0.2) is 11.1 Å². The molecule has 0 aliphatic heterocycles. The Labute approximate surface area is 88.4 Å². The number of nitrogens with one attached hydrogen (secondary N) is 1. The Bertz CT molecular complexity index is 379. The first-order chi connectivity index (χ1) is 6.59. The highest BCUT2D eigenvalue weighted by Gasteiger charge is 1.98. The average molecular weight is 260 g/mol. The Morgan fingerprint density at radius 3 is 2.93 bits per heavy atom. The first kappa shape index (κ1) is 10.7. The number of carboxylic acids is 1. The van der Waals surface area contributed by atoms with E-state index in [1.54, 1.807) is 0 Å². The summed E-state index contributed by atoms with van der Waals surface area (Å²) in [5, 5.41) is 10.9. The zero-order valence-corrected chi connectivity index (χ0v) is 8.58. The molecule has 1 aromatic carbocycles. The fraction of sp³-hybridized carbons (Fsp3) is 0. The van der Waals surface area contributed by atoms with Gasteiger partial charge in [0.25, 0.3) is 0 Å². The molecule has 0 bridgehead atoms. The summed E-state index contributed by atoms with van der Waals surface area (Å²) < 4.78 is 13.4. The smallest absolute Gasteiger partial charge is 0.329 e. The van der Waals surface area contributed by atoms with Gasteiger partial charge in [-0.15, -0.1) is 0 Å². The molecule has 1 rings (SSSR count). The van der Waals surface area contributed by atoms with Gasteiger partial charge in [-0.25, -0.2) is 9.18 Å². The molecule has 0 saturated heterocycles. The second-order valence-corrected chi connectivity index (χ2v) is 3.29. The normalized spacial score (nSPS) is 10.4. The summed E-state index contributed by atoms with van der Waals surface area (Å²) in [5.41, 5.74) is 0.475. The molecule has 0 aliphatic rings. The molecule has 0 amide bonds. The lowest BCUT2D eigenvalue weighted by atomic mass is 10.3. The van der Waals surface area contributed by atoms with Crippen molar-refractivity contribution in [3.05, 3.63) is 40.8 Å². The molecule has 0 atom stereocenters. The predicted molar refractivity (Wildman–Crippen MR) is 54.5 cm³/mol. The molecule has 1 aromatic rings. The minimum Gasteiger partial charge on any atom is -0.478 e. The summed E-state index contributed by atoms with van der Waals surface area (Å²) in [6.45, 7) is 0. The van der Waals surface area contributed by atoms with Crippen molar-refractivity contribution in [2.75, 3.05) is 5.32 Å². The van der Waals surface area contributed by atoms with Crippen LogP contribution in [0.15, 0.2) is 34.9 Å². The van der Waals surface area contributed by atoms with E-state index in [0.29, 0.717) is 10.2 Å². The summed E-state index contributed by atoms with van der Waals surface area (Å²) in [4.78, 5) is 10.1. The first-order valence-corrected chi connectivity index (χ1v) is 4.50. The van der Waals surface area contributed by atoms with Crippen LogP contribution in [0.4, 0.5) is 10.1 Å². The van der Waals surface area contributed by atoms with E-state index >= 15 is 0 Å². The number of aliphatic carboxylic acids is 1. The lowest BCUT2D eigenvalue weighted by molar-refractivity contribution is -0.131. The van der Waals surface area contributed by atoms with Crippen LogP contribution >= 0.6 is 15.9 Å². The molecule has 0 saturated carbocycles. The van der Waals surface area contributed by atoms with E-state index in [-0.39, 0.29) is 5.82 Å². The van der Waals surface area contributed by atoms with Crippen molar-refractivity contribution in [2.45, 2.75) is 0 Å². The maximum Gasteiger partial charge on any atom is 0.329 e. The minimum atomic E-state index is -1.06. The molecule has 0 spiro atoms. The third-order valence-corrected chi connectivity index (χ3v) is 2.08. The Morgan fingerprint density at radius 2 is 2.29 bits per heavy atom. The number of rotatable bonds is 3. The lowest BCUT2D eigenvalue weighted by Crippen LogP contribution is -1.93. The number of anilines is 1. The van der Waals surface area contributed by atoms with Crippen molar-refractivity contribution in [1.29, 1.82) is 0 Å². The second-order valence-electron chi connectivity index (χ2n) is 2.44. The zero-order valence-electron chi connectivity index (χ0n) is 7.00. The van der Waals surface area contributed by atoms with Crippen LogP contribution in [-0.2, 0) is 4.79 Å². The SMILES string of the molecule is O=C(O)/C=C/Nc1cc(F)ccc1Br. The van der Waals surface area contributed by atoms with Gasteiger partial charge in [0.05, 0.1) is 5.69 Å². The molecular formula is C9H7BrFNO2. The third-order valence-electron chi connectivity index (χ3n) is 1.39. The van der Waals surface area contributed by atoms with Crippen molar-refractivity contribution in [3.8, 4) is 0 Å². The lowest BCUT2D eigenvalue weighted by Gasteiger charge is -2.02. The van der Waals surface area contributed by atoms with Gasteiger partial charge in [0.1, 0.15) is 5.82 Å². The van der Waals surface area contributed by atoms with Gasteiger partial charge in [-0.2, -0.15) is 0 Å². The number of hydrogen-bond donors (Lipinski definition) is 2. The van der Waals surface area contributed by atoms with E-state index in [9.17, 15) is 9.18 Å². The second kappa shape index (κ2) is 4.76. The molecule has 0 heterocycles. The molecule has 0 aliphatic carbocycles. The quantitative estimate of drug-likeness (QED) is 0.821. The van der Waals surface area contributed by atoms with Crippen LogP contribution in [0.5, 0.6) is 0 Å². The molecule has 0 aromatic heterocycles. The molecule has 0 fully saturated rings. The Balaban J connectivity index is 2.76. The molecule has 2 N–H and O–H groups in total. The van der Waals surface area contributed by atoms with E-state index in [1.165, 1.54) is 24.4 Å². The van der Waals surface area contributed by atoms with Gasteiger partial charge < -0.3 is 10.4 Å². The van der Waals surface area contributed by atoms with Gasteiger partial charge >= 0.3 is 5.97 Å². The zero-order chi connectivity index (χ0) is 10.6. The van der Waals surface area contributed by atoms with E-state index in [4.69, 9.17) is 5.11 Å². The number of hydrogen-bond acceptors (Lipinski definition) is 2. The van der Waals surface area contributed by atoms with Crippen LogP contribution in [0.25, 0.3) is 0 Å². The fourth-order valence-electron chi connectivity index (χ4n) is 0.811. The van der Waals surface area contributed by atoms with E-state index in [2.05, 4.69) is 21.2 Å². The van der Waals surface area contributed by atoms with Gasteiger partial charge in [0.2, 0.25) is 0 Å². The highest BCUT2D eigenvalue weighted by Crippen LogP contribution is 2.22. The van der Waals surface area contributed by atoms with Gasteiger partial charge in [-0.05, 0) is 34.1 Å². The standard InChI is InChI=1S/C9H7BrFNO2/c10-7-2-1-6(11)5-8(7)12-4-3-9(13)14/h1-5,12H,(H,13,14)/b4-3+. The largest absolute Gasteiger partial charge is 0.478 e. The summed E-state index contributed by atoms with van der Waals surface area (Å²) >= 11 is 3.19. The maximum atomic E-state index is 12.7. The van der Waals surface area contributed by atoms with Crippen molar-refractivity contribution < 1.29 is 14.3 Å². The summed E-state index contributed by atoms with van der Waals surface area (Å²) in [6.07, 6.45) is 2.15. The third kappa shape index (κ3) is 3.18. The Kier molecular flexibility index (Phi) is 3.64. The highest BCUT2D eigenvalue weighted by molar-refractivity contribution is 9.10. The van der Waals surface area contributed by atoms with Crippen LogP contribution in [0, 0.1) is 5.82 Å². The van der Waals surface area contributed by atoms with Gasteiger partial charge in [0.15, 0.2) is 0 Å². The molecule has 0 radical (unpaired) electrons. The molecule has 0 unspecified atom stereocenters. The summed E-state index contributed by atoms with van der Waals surface area (Å²) in [7, 11) is 0. The average Bonchev–Trinajstić information content (AvgIpc) is 2.10. The van der Waals surface area contributed by atoms with Crippen LogP contribution in [0.2, 0.25) is 0 Å². The molecule has 14 heavy (non-hydrogen) atoms. The number of benzene rings is 1. The summed E-state index contributed by atoms with van der Waals surface area (Å²) in [6, 6.07) is 4.10. The van der Waals surface area contributed by atoms with E-state index < -0.39 is 5.97 Å². The summed E-state index contributed by atoms with van der Waals surface area (Å²) in [5.74, 6) is -1.45. The Morgan fingerprint density at radius 1 is 1.57 bits per heavy atom. The van der Waals surface area contributed by atoms with Crippen molar-refractivity contribution in [3.63, 3.8) is 0 Å². The van der Waals surface area contributed by atoms with E-state index in [1.807, 2.05) is 0 Å². The van der Waals surface area contributed by atoms with Gasteiger partial charge in [-0.1, -0.05) is 0 Å². The molecular weight excluding hydrogens is 253 g/mol. The number of halogens is 2. The number of carboxylic acid groups (broad SMARTS) is 1. The van der Waals surface area contributed by atoms with Crippen molar-refractivity contribution in [1.82, 2.24) is 0 Å². The van der Waals surface area contributed by atoms with Gasteiger partial charge in [-0.3, -0.25) is 0 Å². The van der Waals surface area contributed by atoms with Crippen molar-refractivity contribution >= 4 is 27.6 Å². The topological polar surface area (TPSA) is 49.3 Å². The molecule has 3 nitrogen and oxygen atoms in total. The first-order valence-electron chi connectivity index (χ1n) is 3.70. The predicted octanol–water partition coefficient (Wildman–Crippen LogP) is 2.60. The fourth-order valence-corrected chi connectivity index (χ4v) is 1.17. The number of carbonyl (C=O) groups is 1. The monoisotopic (exact) mass is 259 g/mol. The Hall–Kier alpha value is -1.36. The van der Waals surface area contributed by atoms with Gasteiger partial charge in [0, 0.05) is 16.7 Å².